The lowest BCUT2D eigenvalue weighted by Gasteiger charge is -2.24. The van der Waals surface area contributed by atoms with Crippen molar-refractivity contribution in [1.82, 2.24) is 10.6 Å². The number of thioether (sulfide) groups is 1. The van der Waals surface area contributed by atoms with Crippen molar-refractivity contribution in [2.75, 3.05) is 12.3 Å². The Balaban J connectivity index is 1.81. The number of hydrogen-bond acceptors (Lipinski definition) is 4. The zero-order valence-electron chi connectivity index (χ0n) is 14.4. The number of nitrogens with one attached hydrogen (secondary N) is 2. The summed E-state index contributed by atoms with van der Waals surface area (Å²) in [5.74, 6) is 2.56. The maximum absolute atomic E-state index is 12.1. The number of urea groups is 1. The summed E-state index contributed by atoms with van der Waals surface area (Å²) in [4.78, 5) is 12.1. The van der Waals surface area contributed by atoms with Gasteiger partial charge < -0.3 is 20.2 Å². The Morgan fingerprint density at radius 1 is 1.48 bits per heavy atom. The third-order valence-corrected chi connectivity index (χ3v) is 5.57. The molecular weight excluding hydrogens is 312 g/mol. The Hall–Kier alpha value is -1.14. The molecular formula is C17H28N2O3S. The molecule has 1 saturated carbocycles. The summed E-state index contributed by atoms with van der Waals surface area (Å²) in [7, 11) is 0. The van der Waals surface area contributed by atoms with Gasteiger partial charge in [0, 0.05) is 16.9 Å². The number of hydrogen-bond donors (Lipinski definition) is 3. The molecule has 1 aliphatic rings. The minimum absolute atomic E-state index is 0.151. The predicted octanol–water partition coefficient (Wildman–Crippen LogP) is 3.08. The molecule has 0 saturated heterocycles. The zero-order valence-corrected chi connectivity index (χ0v) is 15.3. The average Bonchev–Trinajstić information content (AvgIpc) is 3.04. The maximum Gasteiger partial charge on any atom is 0.315 e. The van der Waals surface area contributed by atoms with Crippen LogP contribution in [-0.4, -0.2) is 34.7 Å². The third kappa shape index (κ3) is 4.91. The lowest BCUT2D eigenvalue weighted by Crippen LogP contribution is -2.46. The molecule has 1 aromatic heterocycles. The molecule has 0 aromatic carbocycles. The van der Waals surface area contributed by atoms with Crippen molar-refractivity contribution in [1.29, 1.82) is 0 Å². The van der Waals surface area contributed by atoms with E-state index in [2.05, 4.69) is 17.6 Å². The Morgan fingerprint density at radius 3 is 2.83 bits per heavy atom. The molecule has 3 unspecified atom stereocenters. The predicted molar refractivity (Wildman–Crippen MR) is 93.8 cm³/mol. The van der Waals surface area contributed by atoms with E-state index in [0.717, 1.165) is 36.3 Å². The Labute approximate surface area is 142 Å². The zero-order chi connectivity index (χ0) is 17.0. The van der Waals surface area contributed by atoms with Crippen LogP contribution in [0.3, 0.4) is 0 Å². The molecule has 0 aliphatic heterocycles. The molecule has 1 aliphatic carbocycles. The van der Waals surface area contributed by atoms with Gasteiger partial charge in [-0.05, 0) is 51.9 Å². The van der Waals surface area contributed by atoms with E-state index in [1.807, 2.05) is 31.7 Å². The molecule has 3 atom stereocenters. The minimum atomic E-state index is -1.14. The molecule has 0 bridgehead atoms. The standard InChI is InChI=1S/C17H28N2O3S/c1-5-23-14-7-6-13(9-14)19-16(20)18-10-17(4,21)15-8-11(2)22-12(15)3/h8,13-14,21H,5-7,9-10H2,1-4H3,(H2,18,19,20). The molecule has 1 heterocycles. The fourth-order valence-corrected chi connectivity index (χ4v) is 4.35. The van der Waals surface area contributed by atoms with Crippen molar-refractivity contribution in [2.45, 2.75) is 63.9 Å². The number of aryl methyl sites for hydroxylation is 2. The monoisotopic (exact) mass is 340 g/mol. The summed E-state index contributed by atoms with van der Waals surface area (Å²) in [5, 5.41) is 17.0. The fraction of sp³-hybridized carbons (Fsp3) is 0.706. The molecule has 23 heavy (non-hydrogen) atoms. The summed E-state index contributed by atoms with van der Waals surface area (Å²) in [6.07, 6.45) is 3.22. The number of furan rings is 1. The summed E-state index contributed by atoms with van der Waals surface area (Å²) < 4.78 is 5.46. The number of aliphatic hydroxyl groups is 1. The van der Waals surface area contributed by atoms with Crippen molar-refractivity contribution in [3.63, 3.8) is 0 Å². The first-order chi connectivity index (χ1) is 10.8. The number of carbonyl (C=O) groups excluding carboxylic acids is 1. The highest BCUT2D eigenvalue weighted by Gasteiger charge is 2.29. The summed E-state index contributed by atoms with van der Waals surface area (Å²) in [6, 6.07) is 1.84. The molecule has 5 nitrogen and oxygen atoms in total. The highest BCUT2D eigenvalue weighted by atomic mass is 32.2. The van der Waals surface area contributed by atoms with E-state index >= 15 is 0 Å². The highest BCUT2D eigenvalue weighted by Crippen LogP contribution is 2.30. The van der Waals surface area contributed by atoms with Gasteiger partial charge in [-0.2, -0.15) is 11.8 Å². The summed E-state index contributed by atoms with van der Waals surface area (Å²) in [6.45, 7) is 7.67. The molecule has 130 valence electrons. The summed E-state index contributed by atoms with van der Waals surface area (Å²) in [5.41, 5.74) is -0.425. The maximum atomic E-state index is 12.1. The molecule has 0 spiro atoms. The van der Waals surface area contributed by atoms with Crippen LogP contribution in [0.1, 0.15) is 50.2 Å². The van der Waals surface area contributed by atoms with Gasteiger partial charge in [-0.15, -0.1) is 0 Å². The summed E-state index contributed by atoms with van der Waals surface area (Å²) >= 11 is 1.97. The fourth-order valence-electron chi connectivity index (χ4n) is 3.21. The Morgan fingerprint density at radius 2 is 2.22 bits per heavy atom. The van der Waals surface area contributed by atoms with Crippen LogP contribution in [0, 0.1) is 13.8 Å². The molecule has 1 aromatic rings. The van der Waals surface area contributed by atoms with Gasteiger partial charge in [0.15, 0.2) is 0 Å². The quantitative estimate of drug-likeness (QED) is 0.744. The van der Waals surface area contributed by atoms with E-state index in [4.69, 9.17) is 4.42 Å². The smallest absolute Gasteiger partial charge is 0.315 e. The molecule has 1 fully saturated rings. The van der Waals surface area contributed by atoms with Gasteiger partial charge >= 0.3 is 6.03 Å². The van der Waals surface area contributed by atoms with Gasteiger partial charge in [-0.1, -0.05) is 6.92 Å². The molecule has 6 heteroatoms. The lowest BCUT2D eigenvalue weighted by atomic mass is 9.96. The average molecular weight is 340 g/mol. The van der Waals surface area contributed by atoms with E-state index < -0.39 is 5.60 Å². The first kappa shape index (κ1) is 18.2. The van der Waals surface area contributed by atoms with Crippen LogP contribution < -0.4 is 10.6 Å². The van der Waals surface area contributed by atoms with Crippen LogP contribution in [-0.2, 0) is 5.60 Å². The molecule has 2 amide bonds. The van der Waals surface area contributed by atoms with Crippen molar-refractivity contribution in [2.24, 2.45) is 0 Å². The van der Waals surface area contributed by atoms with Crippen LogP contribution in [0.25, 0.3) is 0 Å². The van der Waals surface area contributed by atoms with Crippen LogP contribution >= 0.6 is 11.8 Å². The van der Waals surface area contributed by atoms with Crippen molar-refractivity contribution < 1.29 is 14.3 Å². The van der Waals surface area contributed by atoms with Crippen LogP contribution in [0.5, 0.6) is 0 Å². The molecule has 2 rings (SSSR count). The van der Waals surface area contributed by atoms with E-state index in [1.165, 1.54) is 0 Å². The van der Waals surface area contributed by atoms with Crippen LogP contribution in [0.2, 0.25) is 0 Å². The first-order valence-corrected chi connectivity index (χ1v) is 9.32. The molecule has 3 N–H and O–H groups in total. The van der Waals surface area contributed by atoms with Gasteiger partial charge in [-0.3, -0.25) is 0 Å². The Bertz CT molecular complexity index is 542. The van der Waals surface area contributed by atoms with Gasteiger partial charge in [0.2, 0.25) is 0 Å². The third-order valence-electron chi connectivity index (χ3n) is 4.34. The Kier molecular flexibility index (Phi) is 6.03. The van der Waals surface area contributed by atoms with Crippen molar-refractivity contribution in [3.8, 4) is 0 Å². The molecule has 0 radical (unpaired) electrons. The number of carbonyl (C=O) groups is 1. The van der Waals surface area contributed by atoms with Crippen molar-refractivity contribution >= 4 is 17.8 Å². The minimum Gasteiger partial charge on any atom is -0.466 e. The van der Waals surface area contributed by atoms with E-state index in [9.17, 15) is 9.90 Å². The number of rotatable bonds is 6. The topological polar surface area (TPSA) is 74.5 Å². The van der Waals surface area contributed by atoms with Gasteiger partial charge in [0.05, 0.1) is 6.54 Å². The lowest BCUT2D eigenvalue weighted by molar-refractivity contribution is 0.0577. The van der Waals surface area contributed by atoms with Crippen LogP contribution in [0.4, 0.5) is 4.79 Å². The van der Waals surface area contributed by atoms with Gasteiger partial charge in [0.25, 0.3) is 0 Å². The second-order valence-electron chi connectivity index (χ2n) is 6.52. The normalized spacial score (nSPS) is 23.5. The first-order valence-electron chi connectivity index (χ1n) is 8.27. The van der Waals surface area contributed by atoms with Crippen molar-refractivity contribution in [3.05, 3.63) is 23.2 Å². The van der Waals surface area contributed by atoms with E-state index in [1.54, 1.807) is 6.92 Å². The second kappa shape index (κ2) is 7.62. The SMILES string of the molecule is CCSC1CCC(NC(=O)NCC(C)(O)c2cc(C)oc2C)C1. The van der Waals surface area contributed by atoms with E-state index in [-0.39, 0.29) is 18.6 Å². The number of amides is 2. The highest BCUT2D eigenvalue weighted by molar-refractivity contribution is 7.99. The largest absolute Gasteiger partial charge is 0.466 e. The van der Waals surface area contributed by atoms with Gasteiger partial charge in [-0.25, -0.2) is 4.79 Å². The van der Waals surface area contributed by atoms with Crippen LogP contribution in [0.15, 0.2) is 10.5 Å². The van der Waals surface area contributed by atoms with E-state index in [0.29, 0.717) is 11.0 Å². The second-order valence-corrected chi connectivity index (χ2v) is 8.09. The van der Waals surface area contributed by atoms with Gasteiger partial charge in [0.1, 0.15) is 17.1 Å².